The summed E-state index contributed by atoms with van der Waals surface area (Å²) in [6.45, 7) is 1.60. The molecule has 0 fully saturated rings. The van der Waals surface area contributed by atoms with Crippen LogP contribution in [0, 0.1) is 0 Å². The highest BCUT2D eigenvalue weighted by Gasteiger charge is 2.14. The molecule has 1 aromatic heterocycles. The third-order valence-electron chi connectivity index (χ3n) is 2.83. The van der Waals surface area contributed by atoms with Crippen LogP contribution >= 0.6 is 0 Å². The molecule has 4 heteroatoms. The molecule has 0 aliphatic heterocycles. The van der Waals surface area contributed by atoms with E-state index in [1.54, 1.807) is 6.92 Å². The quantitative estimate of drug-likeness (QED) is 0.748. The maximum atomic E-state index is 9.40. The fourth-order valence-corrected chi connectivity index (χ4v) is 1.93. The van der Waals surface area contributed by atoms with Crippen LogP contribution in [0.2, 0.25) is 0 Å². The van der Waals surface area contributed by atoms with E-state index in [9.17, 15) is 5.11 Å². The van der Waals surface area contributed by atoms with Crippen molar-refractivity contribution in [3.63, 3.8) is 0 Å². The Morgan fingerprint density at radius 1 is 1.11 bits per heavy atom. The van der Waals surface area contributed by atoms with Crippen LogP contribution in [0.1, 0.15) is 18.9 Å². The Bertz CT molecular complexity index is 684. The number of rotatable bonds is 2. The normalized spacial score (nSPS) is 12.8. The van der Waals surface area contributed by atoms with Crippen LogP contribution in [0.25, 0.3) is 22.2 Å². The van der Waals surface area contributed by atoms with Crippen LogP contribution in [0.3, 0.4) is 0 Å². The van der Waals surface area contributed by atoms with Gasteiger partial charge in [0.2, 0.25) is 5.82 Å². The fourth-order valence-electron chi connectivity index (χ4n) is 1.93. The highest BCUT2D eigenvalue weighted by atomic mass is 16.5. The number of nitrogens with zero attached hydrogens (tertiary/aromatic N) is 2. The number of hydrogen-bond donors (Lipinski definition) is 1. The molecule has 1 heterocycles. The van der Waals surface area contributed by atoms with Crippen molar-refractivity contribution >= 4 is 10.8 Å². The van der Waals surface area contributed by atoms with Crippen molar-refractivity contribution < 1.29 is 9.63 Å². The lowest BCUT2D eigenvalue weighted by Crippen LogP contribution is -1.90. The van der Waals surface area contributed by atoms with Gasteiger partial charge in [-0.05, 0) is 17.7 Å². The fraction of sp³-hybridized carbons (Fsp3) is 0.143. The summed E-state index contributed by atoms with van der Waals surface area (Å²) in [4.78, 5) is 4.20. The van der Waals surface area contributed by atoms with E-state index in [1.807, 2.05) is 42.5 Å². The third-order valence-corrected chi connectivity index (χ3v) is 2.83. The average molecular weight is 240 g/mol. The molecular weight excluding hydrogens is 228 g/mol. The standard InChI is InChI=1S/C14H12N2O2/c1-9(17)14-15-13(16-18-14)12-8-4-6-10-5-2-3-7-11(10)12/h2-9,17H,1H3. The van der Waals surface area contributed by atoms with Gasteiger partial charge in [-0.25, -0.2) is 0 Å². The minimum atomic E-state index is -0.749. The van der Waals surface area contributed by atoms with Crippen LogP contribution in [0.4, 0.5) is 0 Å². The van der Waals surface area contributed by atoms with Crippen molar-refractivity contribution in [3.05, 3.63) is 48.4 Å². The Morgan fingerprint density at radius 2 is 1.89 bits per heavy atom. The predicted molar refractivity (Wildman–Crippen MR) is 67.9 cm³/mol. The van der Waals surface area contributed by atoms with Gasteiger partial charge in [0.15, 0.2) is 0 Å². The molecule has 4 nitrogen and oxygen atoms in total. The number of aliphatic hydroxyl groups is 1. The van der Waals surface area contributed by atoms with Crippen LogP contribution in [-0.2, 0) is 0 Å². The molecule has 2 aromatic carbocycles. The van der Waals surface area contributed by atoms with E-state index in [2.05, 4.69) is 10.1 Å². The molecule has 0 aliphatic carbocycles. The molecule has 3 aromatic rings. The summed E-state index contributed by atoms with van der Waals surface area (Å²) in [7, 11) is 0. The van der Waals surface area contributed by atoms with Gasteiger partial charge in [-0.2, -0.15) is 4.98 Å². The van der Waals surface area contributed by atoms with E-state index in [-0.39, 0.29) is 5.89 Å². The molecule has 18 heavy (non-hydrogen) atoms. The molecule has 0 bridgehead atoms. The van der Waals surface area contributed by atoms with Gasteiger partial charge in [-0.3, -0.25) is 0 Å². The first-order valence-corrected chi connectivity index (χ1v) is 5.75. The first kappa shape index (κ1) is 10.9. The molecule has 90 valence electrons. The van der Waals surface area contributed by atoms with Crippen molar-refractivity contribution in [3.8, 4) is 11.4 Å². The van der Waals surface area contributed by atoms with Gasteiger partial charge in [-0.15, -0.1) is 0 Å². The average Bonchev–Trinajstić information content (AvgIpc) is 2.87. The zero-order valence-electron chi connectivity index (χ0n) is 9.87. The number of hydrogen-bond acceptors (Lipinski definition) is 4. The van der Waals surface area contributed by atoms with Gasteiger partial charge >= 0.3 is 0 Å². The Morgan fingerprint density at radius 3 is 2.67 bits per heavy atom. The summed E-state index contributed by atoms with van der Waals surface area (Å²) < 4.78 is 5.02. The van der Waals surface area contributed by atoms with Crippen LogP contribution < -0.4 is 0 Å². The summed E-state index contributed by atoms with van der Waals surface area (Å²) >= 11 is 0. The molecule has 0 amide bonds. The predicted octanol–water partition coefficient (Wildman–Crippen LogP) is 2.94. The number of fused-ring (bicyclic) bond motifs is 1. The van der Waals surface area contributed by atoms with Gasteiger partial charge in [0.05, 0.1) is 0 Å². The van der Waals surface area contributed by atoms with E-state index < -0.39 is 6.10 Å². The maximum absolute atomic E-state index is 9.40. The maximum Gasteiger partial charge on any atom is 0.255 e. The summed E-state index contributed by atoms with van der Waals surface area (Å²) in [6.07, 6.45) is -0.749. The lowest BCUT2D eigenvalue weighted by Gasteiger charge is -2.01. The second-order valence-corrected chi connectivity index (χ2v) is 4.16. The molecule has 1 atom stereocenters. The lowest BCUT2D eigenvalue weighted by molar-refractivity contribution is 0.152. The van der Waals surface area contributed by atoms with Gasteiger partial charge in [0.1, 0.15) is 6.10 Å². The SMILES string of the molecule is CC(O)c1nc(-c2cccc3ccccc23)no1. The molecule has 0 radical (unpaired) electrons. The molecule has 3 rings (SSSR count). The third kappa shape index (κ3) is 1.76. The zero-order valence-corrected chi connectivity index (χ0v) is 9.87. The Balaban J connectivity index is 2.18. The number of aromatic nitrogens is 2. The van der Waals surface area contributed by atoms with Crippen molar-refractivity contribution in [2.75, 3.05) is 0 Å². The number of benzene rings is 2. The summed E-state index contributed by atoms with van der Waals surface area (Å²) in [5, 5.41) is 15.5. The molecule has 1 N–H and O–H groups in total. The van der Waals surface area contributed by atoms with Crippen LogP contribution in [0.15, 0.2) is 47.0 Å². The Kier molecular flexibility index (Phi) is 2.57. The Labute approximate surface area is 104 Å². The second kappa shape index (κ2) is 4.23. The van der Waals surface area contributed by atoms with Crippen LogP contribution in [0.5, 0.6) is 0 Å². The van der Waals surface area contributed by atoms with Gasteiger partial charge in [0, 0.05) is 5.56 Å². The molecule has 0 aliphatic rings. The summed E-state index contributed by atoms with van der Waals surface area (Å²) in [5.74, 6) is 0.737. The Hall–Kier alpha value is -2.20. The molecule has 0 saturated carbocycles. The van der Waals surface area contributed by atoms with Crippen molar-refractivity contribution in [1.29, 1.82) is 0 Å². The zero-order chi connectivity index (χ0) is 12.5. The van der Waals surface area contributed by atoms with Crippen LogP contribution in [-0.4, -0.2) is 15.2 Å². The van der Waals surface area contributed by atoms with E-state index in [4.69, 9.17) is 4.52 Å². The number of aliphatic hydroxyl groups excluding tert-OH is 1. The van der Waals surface area contributed by atoms with Crippen molar-refractivity contribution in [2.24, 2.45) is 0 Å². The highest BCUT2D eigenvalue weighted by Crippen LogP contribution is 2.27. The summed E-state index contributed by atoms with van der Waals surface area (Å²) in [6, 6.07) is 14.0. The van der Waals surface area contributed by atoms with E-state index in [0.29, 0.717) is 5.82 Å². The minimum absolute atomic E-state index is 0.234. The smallest absolute Gasteiger partial charge is 0.255 e. The van der Waals surface area contributed by atoms with Gasteiger partial charge in [0.25, 0.3) is 5.89 Å². The molecule has 1 unspecified atom stereocenters. The van der Waals surface area contributed by atoms with E-state index >= 15 is 0 Å². The molecule has 0 spiro atoms. The minimum Gasteiger partial charge on any atom is -0.384 e. The van der Waals surface area contributed by atoms with E-state index in [1.165, 1.54) is 0 Å². The summed E-state index contributed by atoms with van der Waals surface area (Å²) in [5.41, 5.74) is 0.906. The van der Waals surface area contributed by atoms with E-state index in [0.717, 1.165) is 16.3 Å². The largest absolute Gasteiger partial charge is 0.384 e. The molecular formula is C14H12N2O2. The van der Waals surface area contributed by atoms with Crippen molar-refractivity contribution in [2.45, 2.75) is 13.0 Å². The monoisotopic (exact) mass is 240 g/mol. The first-order valence-electron chi connectivity index (χ1n) is 5.75. The highest BCUT2D eigenvalue weighted by molar-refractivity contribution is 5.94. The van der Waals surface area contributed by atoms with Gasteiger partial charge < -0.3 is 9.63 Å². The lowest BCUT2D eigenvalue weighted by atomic mass is 10.0. The second-order valence-electron chi connectivity index (χ2n) is 4.16. The topological polar surface area (TPSA) is 59.2 Å². The van der Waals surface area contributed by atoms with Gasteiger partial charge in [-0.1, -0.05) is 47.6 Å². The van der Waals surface area contributed by atoms with Crippen molar-refractivity contribution in [1.82, 2.24) is 10.1 Å². The molecule has 0 saturated heterocycles. The first-order chi connectivity index (χ1) is 8.75.